The Kier molecular flexibility index (Phi) is 3.31. The lowest BCUT2D eigenvalue weighted by Gasteiger charge is -2.08. The number of hydrogen-bond donors (Lipinski definition) is 2. The van der Waals surface area contributed by atoms with Gasteiger partial charge < -0.3 is 5.11 Å². The van der Waals surface area contributed by atoms with Crippen molar-refractivity contribution in [2.75, 3.05) is 4.72 Å². The van der Waals surface area contributed by atoms with Crippen LogP contribution in [0, 0.1) is 11.3 Å². The van der Waals surface area contributed by atoms with E-state index in [1.54, 1.807) is 6.07 Å². The average molecular weight is 276 g/mol. The van der Waals surface area contributed by atoms with Crippen molar-refractivity contribution in [2.24, 2.45) is 0 Å². The highest BCUT2D eigenvalue weighted by Crippen LogP contribution is 2.23. The van der Waals surface area contributed by atoms with E-state index in [0.29, 0.717) is 0 Å². The van der Waals surface area contributed by atoms with Gasteiger partial charge in [0.1, 0.15) is 11.0 Å². The monoisotopic (exact) mass is 276 g/mol. The van der Waals surface area contributed by atoms with Crippen molar-refractivity contribution in [2.45, 2.75) is 4.90 Å². The lowest BCUT2D eigenvalue weighted by atomic mass is 10.4. The van der Waals surface area contributed by atoms with E-state index in [0.717, 1.165) is 0 Å². The maximum Gasteiger partial charge on any atom is 0.266 e. The summed E-state index contributed by atoms with van der Waals surface area (Å²) in [5.41, 5.74) is -0.231. The molecule has 2 aromatic rings. The van der Waals surface area contributed by atoms with Gasteiger partial charge in [-0.25, -0.2) is 18.4 Å². The van der Waals surface area contributed by atoms with Gasteiger partial charge in [-0.1, -0.05) is 0 Å². The number of aromatic nitrogens is 2. The Hall–Kier alpha value is -2.66. The largest absolute Gasteiger partial charge is 0.504 e. The molecule has 96 valence electrons. The number of pyridine rings is 2. The Morgan fingerprint density at radius 3 is 2.58 bits per heavy atom. The number of hydrogen-bond acceptors (Lipinski definition) is 6. The van der Waals surface area contributed by atoms with E-state index >= 15 is 0 Å². The van der Waals surface area contributed by atoms with Crippen LogP contribution in [-0.4, -0.2) is 23.5 Å². The Morgan fingerprint density at radius 2 is 1.89 bits per heavy atom. The molecule has 0 aromatic carbocycles. The average Bonchev–Trinajstić information content (AvgIpc) is 2.41. The molecule has 0 aliphatic rings. The van der Waals surface area contributed by atoms with Crippen LogP contribution in [0.3, 0.4) is 0 Å². The third kappa shape index (κ3) is 2.61. The van der Waals surface area contributed by atoms with E-state index in [2.05, 4.69) is 14.7 Å². The maximum atomic E-state index is 12.1. The summed E-state index contributed by atoms with van der Waals surface area (Å²) in [4.78, 5) is 7.09. The van der Waals surface area contributed by atoms with Crippen LogP contribution in [0.15, 0.2) is 41.6 Å². The second kappa shape index (κ2) is 4.91. The molecule has 0 unspecified atom stereocenters. The fourth-order valence-electron chi connectivity index (χ4n) is 1.35. The van der Waals surface area contributed by atoms with Crippen molar-refractivity contribution in [3.63, 3.8) is 0 Å². The molecule has 0 atom stereocenters. The molecule has 0 aliphatic heterocycles. The Bertz CT molecular complexity index is 753. The highest BCUT2D eigenvalue weighted by Gasteiger charge is 2.21. The summed E-state index contributed by atoms with van der Waals surface area (Å²) in [6, 6.07) is 7.08. The number of nitrogens with one attached hydrogen (secondary N) is 1. The van der Waals surface area contributed by atoms with Gasteiger partial charge in [-0.05, 0) is 24.3 Å². The zero-order valence-corrected chi connectivity index (χ0v) is 10.3. The van der Waals surface area contributed by atoms with Crippen LogP contribution in [0.25, 0.3) is 0 Å². The summed E-state index contributed by atoms with van der Waals surface area (Å²) in [6.45, 7) is 0. The summed E-state index contributed by atoms with van der Waals surface area (Å²) >= 11 is 0. The Morgan fingerprint density at radius 1 is 1.21 bits per heavy atom. The quantitative estimate of drug-likeness (QED) is 0.858. The van der Waals surface area contributed by atoms with Gasteiger partial charge in [0.15, 0.2) is 17.3 Å². The first kappa shape index (κ1) is 12.8. The topological polar surface area (TPSA) is 116 Å². The first-order chi connectivity index (χ1) is 9.04. The zero-order valence-electron chi connectivity index (χ0n) is 9.48. The van der Waals surface area contributed by atoms with Crippen molar-refractivity contribution in [1.29, 1.82) is 5.26 Å². The lowest BCUT2D eigenvalue weighted by molar-refractivity contribution is 0.475. The van der Waals surface area contributed by atoms with E-state index < -0.39 is 10.0 Å². The molecule has 0 bridgehead atoms. The van der Waals surface area contributed by atoms with Crippen LogP contribution >= 0.6 is 0 Å². The Labute approximate surface area is 109 Å². The van der Waals surface area contributed by atoms with Crippen LogP contribution < -0.4 is 4.72 Å². The molecule has 19 heavy (non-hydrogen) atoms. The number of anilines is 1. The van der Waals surface area contributed by atoms with Crippen LogP contribution in [0.1, 0.15) is 5.69 Å². The molecule has 7 nitrogen and oxygen atoms in total. The van der Waals surface area contributed by atoms with Gasteiger partial charge in [0.05, 0.1) is 0 Å². The molecule has 0 fully saturated rings. The number of aromatic hydroxyl groups is 1. The first-order valence-corrected chi connectivity index (χ1v) is 6.55. The summed E-state index contributed by atoms with van der Waals surface area (Å²) in [5.74, 6) is -0.524. The molecular weight excluding hydrogens is 268 g/mol. The van der Waals surface area contributed by atoms with Crippen LogP contribution in [-0.2, 0) is 10.0 Å². The molecule has 0 saturated heterocycles. The van der Waals surface area contributed by atoms with Crippen molar-refractivity contribution in [3.8, 4) is 11.8 Å². The molecule has 0 amide bonds. The third-order valence-electron chi connectivity index (χ3n) is 2.18. The summed E-state index contributed by atoms with van der Waals surface area (Å²) in [5, 5.41) is 18.3. The first-order valence-electron chi connectivity index (χ1n) is 5.06. The van der Waals surface area contributed by atoms with Gasteiger partial charge in [-0.2, -0.15) is 5.26 Å². The highest BCUT2D eigenvalue weighted by atomic mass is 32.2. The minimum atomic E-state index is -4.04. The summed E-state index contributed by atoms with van der Waals surface area (Å²) in [6.07, 6.45) is 2.64. The van der Waals surface area contributed by atoms with Gasteiger partial charge in [0.25, 0.3) is 10.0 Å². The number of rotatable bonds is 3. The van der Waals surface area contributed by atoms with E-state index in [-0.39, 0.29) is 22.2 Å². The van der Waals surface area contributed by atoms with Crippen molar-refractivity contribution >= 4 is 15.8 Å². The van der Waals surface area contributed by atoms with E-state index in [4.69, 9.17) is 5.26 Å². The number of nitriles is 1. The zero-order chi connectivity index (χ0) is 13.9. The van der Waals surface area contributed by atoms with Gasteiger partial charge >= 0.3 is 0 Å². The van der Waals surface area contributed by atoms with Gasteiger partial charge in [-0.3, -0.25) is 4.72 Å². The van der Waals surface area contributed by atoms with Crippen LogP contribution in [0.2, 0.25) is 0 Å². The fourth-order valence-corrected chi connectivity index (χ4v) is 2.48. The maximum absolute atomic E-state index is 12.1. The Balaban J connectivity index is 2.45. The summed E-state index contributed by atoms with van der Waals surface area (Å²) < 4.78 is 26.3. The van der Waals surface area contributed by atoms with Crippen molar-refractivity contribution in [1.82, 2.24) is 9.97 Å². The predicted molar refractivity (Wildman–Crippen MR) is 65.7 cm³/mol. The molecule has 2 aromatic heterocycles. The second-order valence-corrected chi connectivity index (χ2v) is 5.09. The van der Waals surface area contributed by atoms with Crippen molar-refractivity contribution in [3.05, 3.63) is 42.4 Å². The van der Waals surface area contributed by atoms with E-state index in [1.165, 1.54) is 36.7 Å². The molecule has 2 N–H and O–H groups in total. The molecular formula is C11H8N4O3S. The number of nitrogens with zero attached hydrogens (tertiary/aromatic N) is 3. The van der Waals surface area contributed by atoms with Crippen molar-refractivity contribution < 1.29 is 13.5 Å². The molecule has 0 spiro atoms. The standard InChI is InChI=1S/C11H8N4O3S/c12-7-8-10(4-2-5-13-8)19(17,18)15-11-9(16)3-1-6-14-11/h1-6,16H,(H,14,15). The van der Waals surface area contributed by atoms with Gasteiger partial charge in [0, 0.05) is 12.4 Å². The SMILES string of the molecule is N#Cc1ncccc1S(=O)(=O)Nc1ncccc1O. The van der Waals surface area contributed by atoms with E-state index in [9.17, 15) is 13.5 Å². The van der Waals surface area contributed by atoms with E-state index in [1.807, 2.05) is 0 Å². The molecule has 8 heteroatoms. The van der Waals surface area contributed by atoms with Gasteiger partial charge in [0.2, 0.25) is 0 Å². The van der Waals surface area contributed by atoms with Crippen LogP contribution in [0.4, 0.5) is 5.82 Å². The molecule has 0 aliphatic carbocycles. The highest BCUT2D eigenvalue weighted by molar-refractivity contribution is 7.92. The molecule has 0 radical (unpaired) electrons. The van der Waals surface area contributed by atoms with Crippen LogP contribution in [0.5, 0.6) is 5.75 Å². The molecule has 0 saturated carbocycles. The smallest absolute Gasteiger partial charge is 0.266 e. The molecule has 2 heterocycles. The minimum absolute atomic E-state index is 0.213. The third-order valence-corrected chi connectivity index (χ3v) is 3.55. The molecule has 2 rings (SSSR count). The summed E-state index contributed by atoms with van der Waals surface area (Å²) in [7, 11) is -4.04. The lowest BCUT2D eigenvalue weighted by Crippen LogP contribution is -2.15. The normalized spacial score (nSPS) is 10.7. The fraction of sp³-hybridized carbons (Fsp3) is 0. The second-order valence-electron chi connectivity index (χ2n) is 3.44. The number of sulfonamides is 1. The van der Waals surface area contributed by atoms with Gasteiger partial charge in [-0.15, -0.1) is 0 Å². The predicted octanol–water partition coefficient (Wildman–Crippen LogP) is 0.855. The minimum Gasteiger partial charge on any atom is -0.504 e.